The molecule has 1 amide bonds. The second-order valence-electron chi connectivity index (χ2n) is 5.28. The van der Waals surface area contributed by atoms with E-state index in [1.807, 2.05) is 18.7 Å². The molecule has 0 aliphatic carbocycles. The van der Waals surface area contributed by atoms with Gasteiger partial charge in [0.2, 0.25) is 5.91 Å². The van der Waals surface area contributed by atoms with Gasteiger partial charge in [-0.15, -0.1) is 0 Å². The molecule has 1 heterocycles. The first-order chi connectivity index (χ1) is 7.41. The van der Waals surface area contributed by atoms with Crippen molar-refractivity contribution < 1.29 is 9.53 Å². The van der Waals surface area contributed by atoms with Gasteiger partial charge in [0.1, 0.15) is 0 Å². The molecule has 0 saturated carbocycles. The van der Waals surface area contributed by atoms with Gasteiger partial charge in [-0.25, -0.2) is 0 Å². The van der Waals surface area contributed by atoms with E-state index in [0.717, 1.165) is 13.1 Å². The van der Waals surface area contributed by atoms with Gasteiger partial charge in [0.15, 0.2) is 0 Å². The number of rotatable bonds is 4. The minimum absolute atomic E-state index is 0.195. The first-order valence-corrected chi connectivity index (χ1v) is 6.06. The molecule has 0 aromatic heterocycles. The zero-order valence-electron chi connectivity index (χ0n) is 10.9. The summed E-state index contributed by atoms with van der Waals surface area (Å²) in [4.78, 5) is 13.8. The molecule has 0 atom stereocenters. The summed E-state index contributed by atoms with van der Waals surface area (Å²) in [5.41, 5.74) is -0.195. The number of carbonyl (C=O) groups excluding carboxylic acids is 1. The summed E-state index contributed by atoms with van der Waals surface area (Å²) in [6.07, 6.45) is 0.578. The maximum absolute atomic E-state index is 11.9. The Hall–Kier alpha value is -0.610. The van der Waals surface area contributed by atoms with Crippen molar-refractivity contribution in [1.29, 1.82) is 0 Å². The van der Waals surface area contributed by atoms with E-state index in [4.69, 9.17) is 4.74 Å². The van der Waals surface area contributed by atoms with E-state index in [9.17, 15) is 4.79 Å². The van der Waals surface area contributed by atoms with E-state index >= 15 is 0 Å². The fraction of sp³-hybridized carbons (Fsp3) is 0.917. The van der Waals surface area contributed by atoms with Crippen LogP contribution in [0.1, 0.15) is 34.1 Å². The SMILES string of the molecule is CC(C)NCCC(=O)N1CCOC(C)(C)C1. The lowest BCUT2D eigenvalue weighted by atomic mass is 10.1. The Morgan fingerprint density at radius 1 is 1.50 bits per heavy atom. The molecular formula is C12H24N2O2. The normalized spacial score (nSPS) is 20.2. The van der Waals surface area contributed by atoms with Gasteiger partial charge in [0, 0.05) is 32.1 Å². The van der Waals surface area contributed by atoms with Crippen LogP contribution in [0.3, 0.4) is 0 Å². The standard InChI is InChI=1S/C12H24N2O2/c1-10(2)13-6-5-11(15)14-7-8-16-12(3,4)9-14/h10,13H,5-9H2,1-4H3. The van der Waals surface area contributed by atoms with Gasteiger partial charge < -0.3 is 15.0 Å². The highest BCUT2D eigenvalue weighted by Gasteiger charge is 2.29. The maximum atomic E-state index is 11.9. The number of amides is 1. The maximum Gasteiger partial charge on any atom is 0.224 e. The third kappa shape index (κ3) is 4.49. The first-order valence-electron chi connectivity index (χ1n) is 6.06. The van der Waals surface area contributed by atoms with Crippen molar-refractivity contribution in [2.24, 2.45) is 0 Å². The topological polar surface area (TPSA) is 41.6 Å². The van der Waals surface area contributed by atoms with Crippen LogP contribution in [-0.4, -0.2) is 48.7 Å². The van der Waals surface area contributed by atoms with Crippen LogP contribution < -0.4 is 5.32 Å². The summed E-state index contributed by atoms with van der Waals surface area (Å²) < 4.78 is 5.58. The van der Waals surface area contributed by atoms with Crippen LogP contribution in [0.5, 0.6) is 0 Å². The molecule has 0 aromatic rings. The average Bonchev–Trinajstić information content (AvgIpc) is 2.15. The largest absolute Gasteiger partial charge is 0.372 e. The third-order valence-electron chi connectivity index (χ3n) is 2.67. The molecule has 1 fully saturated rings. The van der Waals surface area contributed by atoms with Crippen molar-refractivity contribution in [3.8, 4) is 0 Å². The van der Waals surface area contributed by atoms with Gasteiger partial charge in [0.05, 0.1) is 12.2 Å². The van der Waals surface area contributed by atoms with Crippen molar-refractivity contribution >= 4 is 5.91 Å². The Morgan fingerprint density at radius 3 is 2.75 bits per heavy atom. The summed E-state index contributed by atoms with van der Waals surface area (Å²) in [6, 6.07) is 0.439. The summed E-state index contributed by atoms with van der Waals surface area (Å²) in [5, 5.41) is 3.26. The minimum atomic E-state index is -0.195. The Bertz CT molecular complexity index is 239. The van der Waals surface area contributed by atoms with Crippen LogP contribution in [0.15, 0.2) is 0 Å². The molecule has 0 unspecified atom stereocenters. The second-order valence-corrected chi connectivity index (χ2v) is 5.28. The van der Waals surface area contributed by atoms with E-state index in [0.29, 0.717) is 25.6 Å². The Labute approximate surface area is 98.3 Å². The average molecular weight is 228 g/mol. The number of hydrogen-bond donors (Lipinski definition) is 1. The quantitative estimate of drug-likeness (QED) is 0.781. The molecule has 0 aromatic carbocycles. The van der Waals surface area contributed by atoms with E-state index in [-0.39, 0.29) is 11.5 Å². The molecule has 0 radical (unpaired) electrons. The van der Waals surface area contributed by atoms with E-state index in [2.05, 4.69) is 19.2 Å². The second kappa shape index (κ2) is 5.64. The van der Waals surface area contributed by atoms with Gasteiger partial charge >= 0.3 is 0 Å². The molecule has 94 valence electrons. The van der Waals surface area contributed by atoms with Gasteiger partial charge in [0.25, 0.3) is 0 Å². The molecule has 1 aliphatic rings. The van der Waals surface area contributed by atoms with Crippen molar-refractivity contribution in [1.82, 2.24) is 10.2 Å². The van der Waals surface area contributed by atoms with Crippen LogP contribution >= 0.6 is 0 Å². The molecule has 1 rings (SSSR count). The molecule has 16 heavy (non-hydrogen) atoms. The Morgan fingerprint density at radius 2 is 2.19 bits per heavy atom. The zero-order chi connectivity index (χ0) is 12.2. The summed E-state index contributed by atoms with van der Waals surface area (Å²) >= 11 is 0. The summed E-state index contributed by atoms with van der Waals surface area (Å²) in [7, 11) is 0. The molecule has 1 saturated heterocycles. The molecule has 0 bridgehead atoms. The van der Waals surface area contributed by atoms with Crippen molar-refractivity contribution in [2.75, 3.05) is 26.2 Å². The lowest BCUT2D eigenvalue weighted by molar-refractivity contribution is -0.145. The third-order valence-corrected chi connectivity index (χ3v) is 2.67. The van der Waals surface area contributed by atoms with Crippen LogP contribution in [-0.2, 0) is 9.53 Å². The monoisotopic (exact) mass is 228 g/mol. The summed E-state index contributed by atoms with van der Waals surface area (Å²) in [5.74, 6) is 0.226. The number of nitrogens with zero attached hydrogens (tertiary/aromatic N) is 1. The molecular weight excluding hydrogens is 204 g/mol. The number of morpholine rings is 1. The molecule has 0 spiro atoms. The van der Waals surface area contributed by atoms with Crippen LogP contribution in [0, 0.1) is 0 Å². The predicted molar refractivity (Wildman–Crippen MR) is 64.4 cm³/mol. The van der Waals surface area contributed by atoms with Gasteiger partial charge in [-0.3, -0.25) is 4.79 Å². The number of nitrogens with one attached hydrogen (secondary N) is 1. The van der Waals surface area contributed by atoms with Crippen molar-refractivity contribution in [2.45, 2.75) is 45.8 Å². The molecule has 4 nitrogen and oxygen atoms in total. The number of carbonyl (C=O) groups is 1. The fourth-order valence-electron chi connectivity index (χ4n) is 1.86. The van der Waals surface area contributed by atoms with Crippen LogP contribution in [0.25, 0.3) is 0 Å². The highest BCUT2D eigenvalue weighted by molar-refractivity contribution is 5.76. The van der Waals surface area contributed by atoms with E-state index in [1.54, 1.807) is 0 Å². The Balaban J connectivity index is 2.31. The highest BCUT2D eigenvalue weighted by atomic mass is 16.5. The van der Waals surface area contributed by atoms with Crippen LogP contribution in [0.4, 0.5) is 0 Å². The van der Waals surface area contributed by atoms with Crippen LogP contribution in [0.2, 0.25) is 0 Å². The summed E-state index contributed by atoms with van der Waals surface area (Å²) in [6.45, 7) is 11.1. The lowest BCUT2D eigenvalue weighted by Crippen LogP contribution is -2.51. The predicted octanol–water partition coefficient (Wildman–Crippen LogP) is 1.01. The van der Waals surface area contributed by atoms with Crippen molar-refractivity contribution in [3.63, 3.8) is 0 Å². The number of hydrogen-bond acceptors (Lipinski definition) is 3. The minimum Gasteiger partial charge on any atom is -0.372 e. The van der Waals surface area contributed by atoms with Gasteiger partial charge in [-0.05, 0) is 13.8 Å². The zero-order valence-corrected chi connectivity index (χ0v) is 10.9. The van der Waals surface area contributed by atoms with Gasteiger partial charge in [-0.1, -0.05) is 13.8 Å². The van der Waals surface area contributed by atoms with Gasteiger partial charge in [-0.2, -0.15) is 0 Å². The fourth-order valence-corrected chi connectivity index (χ4v) is 1.86. The molecule has 4 heteroatoms. The van der Waals surface area contributed by atoms with E-state index in [1.165, 1.54) is 0 Å². The lowest BCUT2D eigenvalue weighted by Gasteiger charge is -2.38. The number of ether oxygens (including phenoxy) is 1. The molecule has 1 aliphatic heterocycles. The Kier molecular flexibility index (Phi) is 4.74. The smallest absolute Gasteiger partial charge is 0.224 e. The molecule has 1 N–H and O–H groups in total. The first kappa shape index (κ1) is 13.5. The van der Waals surface area contributed by atoms with Crippen molar-refractivity contribution in [3.05, 3.63) is 0 Å². The van der Waals surface area contributed by atoms with E-state index < -0.39 is 0 Å². The highest BCUT2D eigenvalue weighted by Crippen LogP contribution is 2.16.